The van der Waals surface area contributed by atoms with E-state index in [1.807, 2.05) is 12.1 Å². The Morgan fingerprint density at radius 3 is 2.44 bits per heavy atom. The molecule has 0 spiro atoms. The molecule has 0 aromatic carbocycles. The van der Waals surface area contributed by atoms with Gasteiger partial charge in [-0.25, -0.2) is 15.0 Å². The van der Waals surface area contributed by atoms with Gasteiger partial charge in [-0.3, -0.25) is 9.78 Å². The summed E-state index contributed by atoms with van der Waals surface area (Å²) >= 11 is 0. The van der Waals surface area contributed by atoms with Crippen LogP contribution in [0.15, 0.2) is 55.1 Å². The monoisotopic (exact) mass is 542 g/mol. The predicted octanol–water partition coefficient (Wildman–Crippen LogP) is 3.35. The maximum Gasteiger partial charge on any atom is 0.417 e. The standard InChI is InChI=1S/C27H29F3N6O3/c28-27(29,30)19-3-5-23(34-15-19)39-17-24(37)36-13-8-21(16-36)35-20-6-9-26(38,10-7-20)22-4-2-18(14-33-22)25-31-11-1-12-32-25/h1-5,11-12,14-15,20-21,35,38H,6-10,13,16-17H2/t20?,21-,26?/m0/s1. The van der Waals surface area contributed by atoms with Crippen LogP contribution in [0, 0.1) is 0 Å². The molecule has 39 heavy (non-hydrogen) atoms. The zero-order valence-corrected chi connectivity index (χ0v) is 21.1. The zero-order chi connectivity index (χ0) is 27.5. The van der Waals surface area contributed by atoms with Gasteiger partial charge in [0, 0.05) is 61.6 Å². The van der Waals surface area contributed by atoms with Crippen molar-refractivity contribution in [1.29, 1.82) is 0 Å². The normalized spacial score (nSPS) is 23.5. The minimum Gasteiger partial charge on any atom is -0.468 e. The van der Waals surface area contributed by atoms with Crippen LogP contribution in [-0.2, 0) is 16.6 Å². The van der Waals surface area contributed by atoms with E-state index in [2.05, 4.69) is 25.3 Å². The first-order chi connectivity index (χ1) is 18.7. The summed E-state index contributed by atoms with van der Waals surface area (Å²) in [5.74, 6) is 0.315. The summed E-state index contributed by atoms with van der Waals surface area (Å²) in [4.78, 5) is 30.8. The number of alkyl halides is 3. The molecular weight excluding hydrogens is 513 g/mol. The van der Waals surface area contributed by atoms with Crippen molar-refractivity contribution in [3.63, 3.8) is 0 Å². The van der Waals surface area contributed by atoms with Crippen molar-refractivity contribution in [2.75, 3.05) is 19.7 Å². The zero-order valence-electron chi connectivity index (χ0n) is 21.1. The van der Waals surface area contributed by atoms with Crippen LogP contribution in [0.1, 0.15) is 43.4 Å². The first kappa shape index (κ1) is 26.9. The Balaban J connectivity index is 1.06. The Morgan fingerprint density at radius 2 is 1.79 bits per heavy atom. The Labute approximate surface area is 223 Å². The number of amides is 1. The Bertz CT molecular complexity index is 1250. The quantitative estimate of drug-likeness (QED) is 0.468. The largest absolute Gasteiger partial charge is 0.468 e. The van der Waals surface area contributed by atoms with Gasteiger partial charge in [0.05, 0.1) is 11.3 Å². The number of nitrogens with zero attached hydrogens (tertiary/aromatic N) is 5. The number of aliphatic hydroxyl groups is 1. The van der Waals surface area contributed by atoms with Crippen molar-refractivity contribution in [3.05, 3.63) is 66.4 Å². The van der Waals surface area contributed by atoms with Gasteiger partial charge in [-0.05, 0) is 56.4 Å². The number of hydrogen-bond acceptors (Lipinski definition) is 8. The number of aromatic nitrogens is 4. The van der Waals surface area contributed by atoms with Crippen LogP contribution >= 0.6 is 0 Å². The number of pyridine rings is 2. The van der Waals surface area contributed by atoms with Crippen molar-refractivity contribution in [2.45, 2.75) is 56.0 Å². The van der Waals surface area contributed by atoms with Gasteiger partial charge < -0.3 is 20.1 Å². The van der Waals surface area contributed by atoms with Crippen LogP contribution in [0.25, 0.3) is 11.4 Å². The lowest BCUT2D eigenvalue weighted by Crippen LogP contribution is -2.45. The van der Waals surface area contributed by atoms with Crippen LogP contribution in [-0.4, -0.2) is 67.6 Å². The van der Waals surface area contributed by atoms with Crippen molar-refractivity contribution in [2.24, 2.45) is 0 Å². The lowest BCUT2D eigenvalue weighted by Gasteiger charge is -2.37. The van der Waals surface area contributed by atoms with E-state index in [-0.39, 0.29) is 30.5 Å². The van der Waals surface area contributed by atoms with Crippen LogP contribution in [0.4, 0.5) is 13.2 Å². The summed E-state index contributed by atoms with van der Waals surface area (Å²) in [6, 6.07) is 7.78. The van der Waals surface area contributed by atoms with Gasteiger partial charge >= 0.3 is 6.18 Å². The highest BCUT2D eigenvalue weighted by molar-refractivity contribution is 5.78. The smallest absolute Gasteiger partial charge is 0.417 e. The molecule has 9 nitrogen and oxygen atoms in total. The topological polar surface area (TPSA) is 113 Å². The summed E-state index contributed by atoms with van der Waals surface area (Å²) in [5, 5.41) is 14.9. The highest BCUT2D eigenvalue weighted by Gasteiger charge is 2.37. The number of likely N-dealkylation sites (tertiary alicyclic amines) is 1. The minimum absolute atomic E-state index is 0.0301. The number of carbonyl (C=O) groups excluding carboxylic acids is 1. The van der Waals surface area contributed by atoms with Gasteiger partial charge in [0.25, 0.3) is 5.91 Å². The lowest BCUT2D eigenvalue weighted by atomic mass is 9.79. The molecule has 2 aliphatic rings. The molecular formula is C27H29F3N6O3. The van der Waals surface area contributed by atoms with Gasteiger partial charge in [-0.15, -0.1) is 0 Å². The van der Waals surface area contributed by atoms with Gasteiger partial charge in [0.2, 0.25) is 5.88 Å². The molecule has 5 rings (SSSR count). The average Bonchev–Trinajstić information content (AvgIpc) is 3.42. The Kier molecular flexibility index (Phi) is 7.76. The van der Waals surface area contributed by atoms with Crippen molar-refractivity contribution in [1.82, 2.24) is 30.2 Å². The van der Waals surface area contributed by atoms with E-state index in [1.165, 1.54) is 0 Å². The van der Waals surface area contributed by atoms with Gasteiger partial charge in [0.1, 0.15) is 5.60 Å². The van der Waals surface area contributed by atoms with Crippen LogP contribution in [0.3, 0.4) is 0 Å². The molecule has 1 aliphatic carbocycles. The fourth-order valence-electron chi connectivity index (χ4n) is 5.08. The Morgan fingerprint density at radius 1 is 1.03 bits per heavy atom. The number of halogens is 3. The molecule has 1 aliphatic heterocycles. The summed E-state index contributed by atoms with van der Waals surface area (Å²) < 4.78 is 43.3. The van der Waals surface area contributed by atoms with Crippen LogP contribution in [0.5, 0.6) is 5.88 Å². The fourth-order valence-corrected chi connectivity index (χ4v) is 5.08. The summed E-state index contributed by atoms with van der Waals surface area (Å²) in [6.07, 6.45) is 4.72. The first-order valence-electron chi connectivity index (χ1n) is 12.9. The molecule has 2 fully saturated rings. The number of hydrogen-bond donors (Lipinski definition) is 2. The predicted molar refractivity (Wildman–Crippen MR) is 134 cm³/mol. The molecule has 12 heteroatoms. The van der Waals surface area contributed by atoms with E-state index in [9.17, 15) is 23.1 Å². The third-order valence-corrected chi connectivity index (χ3v) is 7.30. The van der Waals surface area contributed by atoms with E-state index in [0.29, 0.717) is 43.6 Å². The fraction of sp³-hybridized carbons (Fsp3) is 0.444. The molecule has 0 radical (unpaired) electrons. The molecule has 1 amide bonds. The van der Waals surface area contributed by atoms with E-state index < -0.39 is 17.3 Å². The van der Waals surface area contributed by atoms with E-state index >= 15 is 0 Å². The molecule has 4 heterocycles. The second-order valence-corrected chi connectivity index (χ2v) is 9.97. The molecule has 1 saturated carbocycles. The highest BCUT2D eigenvalue weighted by atomic mass is 19.4. The maximum atomic E-state index is 12.7. The van der Waals surface area contributed by atoms with Crippen molar-refractivity contribution < 1.29 is 27.8 Å². The summed E-state index contributed by atoms with van der Waals surface area (Å²) in [7, 11) is 0. The lowest BCUT2D eigenvalue weighted by molar-refractivity contribution is -0.138. The molecule has 0 bridgehead atoms. The van der Waals surface area contributed by atoms with E-state index in [4.69, 9.17) is 4.74 Å². The molecule has 1 saturated heterocycles. The van der Waals surface area contributed by atoms with Gasteiger partial charge in [0.15, 0.2) is 12.4 Å². The molecule has 206 valence electrons. The molecule has 1 atom stereocenters. The van der Waals surface area contributed by atoms with Crippen molar-refractivity contribution >= 4 is 5.91 Å². The van der Waals surface area contributed by atoms with E-state index in [1.54, 1.807) is 29.6 Å². The highest BCUT2D eigenvalue weighted by Crippen LogP contribution is 2.37. The number of rotatable bonds is 7. The van der Waals surface area contributed by atoms with Crippen LogP contribution in [0.2, 0.25) is 0 Å². The summed E-state index contributed by atoms with van der Waals surface area (Å²) in [6.45, 7) is 0.802. The SMILES string of the molecule is O=C(COc1ccc(C(F)(F)F)cn1)N1CC[C@H](NC2CCC(O)(c3ccc(-c4ncccn4)cn3)CC2)C1. The minimum atomic E-state index is -4.48. The molecule has 2 N–H and O–H groups in total. The second-order valence-electron chi connectivity index (χ2n) is 9.97. The molecule has 0 unspecified atom stereocenters. The van der Waals surface area contributed by atoms with E-state index in [0.717, 1.165) is 37.0 Å². The van der Waals surface area contributed by atoms with Gasteiger partial charge in [-0.1, -0.05) is 0 Å². The Hall–Kier alpha value is -3.64. The number of nitrogens with one attached hydrogen (secondary N) is 1. The van der Waals surface area contributed by atoms with Crippen LogP contribution < -0.4 is 10.1 Å². The third-order valence-electron chi connectivity index (χ3n) is 7.30. The molecule has 3 aromatic rings. The number of ether oxygens (including phenoxy) is 1. The number of carbonyl (C=O) groups is 1. The first-order valence-corrected chi connectivity index (χ1v) is 12.9. The third kappa shape index (κ3) is 6.51. The molecule has 3 aromatic heterocycles. The van der Waals surface area contributed by atoms with Gasteiger partial charge in [-0.2, -0.15) is 13.2 Å². The average molecular weight is 543 g/mol. The second kappa shape index (κ2) is 11.2. The van der Waals surface area contributed by atoms with Crippen molar-refractivity contribution in [3.8, 4) is 17.3 Å². The summed E-state index contributed by atoms with van der Waals surface area (Å²) in [5.41, 5.74) is -0.432. The maximum absolute atomic E-state index is 12.7.